The summed E-state index contributed by atoms with van der Waals surface area (Å²) in [4.78, 5) is 2.19. The first kappa shape index (κ1) is 15.0. The molecule has 0 aromatic heterocycles. The Morgan fingerprint density at radius 1 is 1.47 bits per heavy atom. The van der Waals surface area contributed by atoms with Crippen molar-refractivity contribution in [1.29, 1.82) is 0 Å². The largest absolute Gasteiger partial charge is 0.302 e. The van der Waals surface area contributed by atoms with Gasteiger partial charge in [0.1, 0.15) is 0 Å². The predicted octanol–water partition coefficient (Wildman–Crippen LogP) is 2.67. The van der Waals surface area contributed by atoms with Crippen LogP contribution in [-0.4, -0.2) is 44.5 Å². The first-order valence-electron chi connectivity index (χ1n) is 6.53. The van der Waals surface area contributed by atoms with Gasteiger partial charge in [-0.2, -0.15) is 0 Å². The molecular formula is C14H20BrNO2S. The van der Waals surface area contributed by atoms with Crippen LogP contribution >= 0.6 is 15.9 Å². The fourth-order valence-electron chi connectivity index (χ4n) is 2.62. The molecule has 1 aliphatic rings. The van der Waals surface area contributed by atoms with Gasteiger partial charge in [0.05, 0.1) is 11.5 Å². The van der Waals surface area contributed by atoms with Gasteiger partial charge in [0.25, 0.3) is 0 Å². The van der Waals surface area contributed by atoms with Gasteiger partial charge < -0.3 is 4.90 Å². The maximum Gasteiger partial charge on any atom is 0.151 e. The maximum absolute atomic E-state index is 11.5. The van der Waals surface area contributed by atoms with E-state index in [9.17, 15) is 8.42 Å². The lowest BCUT2D eigenvalue weighted by Crippen LogP contribution is -2.35. The summed E-state index contributed by atoms with van der Waals surface area (Å²) in [6, 6.07) is 8.48. The molecule has 2 atom stereocenters. The van der Waals surface area contributed by atoms with Crippen LogP contribution in [0.2, 0.25) is 0 Å². The molecule has 0 amide bonds. The third-order valence-electron chi connectivity index (χ3n) is 3.81. The summed E-state index contributed by atoms with van der Waals surface area (Å²) in [5.74, 6) is 1.05. The van der Waals surface area contributed by atoms with Crippen LogP contribution in [0.15, 0.2) is 28.7 Å². The van der Waals surface area contributed by atoms with Crippen molar-refractivity contribution in [2.24, 2.45) is 0 Å². The molecule has 1 fully saturated rings. The molecule has 1 saturated heterocycles. The monoisotopic (exact) mass is 345 g/mol. The fraction of sp³-hybridized carbons (Fsp3) is 0.571. The summed E-state index contributed by atoms with van der Waals surface area (Å²) in [5.41, 5.74) is 1.28. The van der Waals surface area contributed by atoms with Crippen molar-refractivity contribution < 1.29 is 8.42 Å². The number of sulfone groups is 1. The average molecular weight is 346 g/mol. The normalized spacial score (nSPS) is 23.7. The van der Waals surface area contributed by atoms with Crippen LogP contribution in [0, 0.1) is 0 Å². The highest BCUT2D eigenvalue weighted by Gasteiger charge is 2.31. The van der Waals surface area contributed by atoms with E-state index in [1.54, 1.807) is 0 Å². The molecule has 5 heteroatoms. The van der Waals surface area contributed by atoms with Gasteiger partial charge in [0.2, 0.25) is 0 Å². The minimum Gasteiger partial charge on any atom is -0.302 e. The summed E-state index contributed by atoms with van der Waals surface area (Å²) in [5, 5.41) is 0. The Morgan fingerprint density at radius 2 is 2.21 bits per heavy atom. The Morgan fingerprint density at radius 3 is 2.79 bits per heavy atom. The zero-order chi connectivity index (χ0) is 14.0. The highest BCUT2D eigenvalue weighted by molar-refractivity contribution is 9.10. The molecule has 0 aliphatic carbocycles. The van der Waals surface area contributed by atoms with E-state index in [4.69, 9.17) is 0 Å². The first-order chi connectivity index (χ1) is 8.87. The molecule has 0 spiro atoms. The highest BCUT2D eigenvalue weighted by Crippen LogP contribution is 2.23. The van der Waals surface area contributed by atoms with Crippen molar-refractivity contribution in [3.63, 3.8) is 0 Å². The lowest BCUT2D eigenvalue weighted by atomic mass is 10.0. The number of likely N-dealkylation sites (N-methyl/N-ethyl adjacent to an activating group) is 1. The number of hydrogen-bond acceptors (Lipinski definition) is 3. The number of halogens is 1. The van der Waals surface area contributed by atoms with Crippen molar-refractivity contribution in [1.82, 2.24) is 4.90 Å². The Bertz CT molecular complexity index is 544. The number of benzene rings is 1. The van der Waals surface area contributed by atoms with E-state index in [0.29, 0.717) is 17.4 Å². The van der Waals surface area contributed by atoms with Crippen molar-refractivity contribution in [3.8, 4) is 0 Å². The van der Waals surface area contributed by atoms with Crippen LogP contribution in [0.3, 0.4) is 0 Å². The van der Waals surface area contributed by atoms with Crippen molar-refractivity contribution in [2.75, 3.05) is 25.1 Å². The Labute approximate surface area is 124 Å². The van der Waals surface area contributed by atoms with Gasteiger partial charge in [-0.25, -0.2) is 8.42 Å². The molecule has 0 N–H and O–H groups in total. The second kappa shape index (κ2) is 5.94. The quantitative estimate of drug-likeness (QED) is 0.841. The average Bonchev–Trinajstić information content (AvgIpc) is 2.69. The second-order valence-electron chi connectivity index (χ2n) is 5.45. The lowest BCUT2D eigenvalue weighted by molar-refractivity contribution is 0.250. The standard InChI is InChI=1S/C14H20BrNO2S/c1-11(12-4-3-5-13(15)8-12)9-16(2)14-6-7-19(17,18)10-14/h3-5,8,11,14H,6-7,9-10H2,1-2H3. The SMILES string of the molecule is CC(CN(C)C1CCS(=O)(=O)C1)c1cccc(Br)c1. The third-order valence-corrected chi connectivity index (χ3v) is 6.05. The first-order valence-corrected chi connectivity index (χ1v) is 9.15. The van der Waals surface area contributed by atoms with Gasteiger partial charge in [-0.15, -0.1) is 0 Å². The van der Waals surface area contributed by atoms with Gasteiger partial charge in [-0.3, -0.25) is 0 Å². The summed E-state index contributed by atoms with van der Waals surface area (Å²) in [7, 11) is -0.769. The van der Waals surface area contributed by atoms with Crippen LogP contribution in [0.1, 0.15) is 24.8 Å². The predicted molar refractivity (Wildman–Crippen MR) is 82.2 cm³/mol. The van der Waals surface area contributed by atoms with E-state index in [1.165, 1.54) is 5.56 Å². The molecule has 1 aromatic carbocycles. The number of rotatable bonds is 4. The van der Waals surface area contributed by atoms with E-state index in [-0.39, 0.29) is 6.04 Å². The minimum atomic E-state index is -2.80. The maximum atomic E-state index is 11.5. The van der Waals surface area contributed by atoms with Crippen molar-refractivity contribution in [3.05, 3.63) is 34.3 Å². The summed E-state index contributed by atoms with van der Waals surface area (Å²) in [6.07, 6.45) is 0.768. The third kappa shape index (κ3) is 4.04. The molecule has 0 bridgehead atoms. The molecule has 106 valence electrons. The number of nitrogens with zero attached hydrogens (tertiary/aromatic N) is 1. The van der Waals surface area contributed by atoms with E-state index < -0.39 is 9.84 Å². The van der Waals surface area contributed by atoms with E-state index >= 15 is 0 Å². The van der Waals surface area contributed by atoms with E-state index in [2.05, 4.69) is 39.9 Å². The molecule has 1 heterocycles. The molecule has 2 unspecified atom stereocenters. The Hall–Kier alpha value is -0.390. The molecule has 19 heavy (non-hydrogen) atoms. The lowest BCUT2D eigenvalue weighted by Gasteiger charge is -2.26. The molecule has 1 aliphatic heterocycles. The Balaban J connectivity index is 1.97. The van der Waals surface area contributed by atoms with E-state index in [0.717, 1.165) is 17.4 Å². The second-order valence-corrected chi connectivity index (χ2v) is 8.60. The number of hydrogen-bond donors (Lipinski definition) is 0. The summed E-state index contributed by atoms with van der Waals surface area (Å²) < 4.78 is 24.1. The fourth-order valence-corrected chi connectivity index (χ4v) is 4.84. The van der Waals surface area contributed by atoms with Gasteiger partial charge in [-0.05, 0) is 37.1 Å². The molecule has 1 aromatic rings. The molecule has 2 rings (SSSR count). The zero-order valence-electron chi connectivity index (χ0n) is 11.3. The topological polar surface area (TPSA) is 37.4 Å². The Kier molecular flexibility index (Phi) is 4.69. The summed E-state index contributed by atoms with van der Waals surface area (Å²) >= 11 is 3.48. The highest BCUT2D eigenvalue weighted by atomic mass is 79.9. The van der Waals surface area contributed by atoms with Gasteiger partial charge >= 0.3 is 0 Å². The van der Waals surface area contributed by atoms with Gasteiger partial charge in [0, 0.05) is 17.1 Å². The van der Waals surface area contributed by atoms with Crippen molar-refractivity contribution in [2.45, 2.75) is 25.3 Å². The smallest absolute Gasteiger partial charge is 0.151 e. The van der Waals surface area contributed by atoms with Crippen LogP contribution < -0.4 is 0 Å². The van der Waals surface area contributed by atoms with Crippen molar-refractivity contribution >= 4 is 25.8 Å². The molecular weight excluding hydrogens is 326 g/mol. The van der Waals surface area contributed by atoms with Gasteiger partial charge in [-0.1, -0.05) is 35.0 Å². The van der Waals surface area contributed by atoms with Gasteiger partial charge in [0.15, 0.2) is 9.84 Å². The van der Waals surface area contributed by atoms with Crippen LogP contribution in [-0.2, 0) is 9.84 Å². The van der Waals surface area contributed by atoms with Crippen LogP contribution in [0.25, 0.3) is 0 Å². The molecule has 0 radical (unpaired) electrons. The van der Waals surface area contributed by atoms with Crippen LogP contribution in [0.4, 0.5) is 0 Å². The zero-order valence-corrected chi connectivity index (χ0v) is 13.7. The summed E-state index contributed by atoms with van der Waals surface area (Å²) in [6.45, 7) is 3.07. The van der Waals surface area contributed by atoms with Crippen LogP contribution in [0.5, 0.6) is 0 Å². The van der Waals surface area contributed by atoms with E-state index in [1.807, 2.05) is 19.2 Å². The molecule has 3 nitrogen and oxygen atoms in total. The minimum absolute atomic E-state index is 0.180. The molecule has 0 saturated carbocycles.